The van der Waals surface area contributed by atoms with Crippen LogP contribution in [-0.4, -0.2) is 54.4 Å². The minimum atomic E-state index is -0.640. The second-order valence-electron chi connectivity index (χ2n) is 6.81. The van der Waals surface area contributed by atoms with E-state index in [1.54, 1.807) is 0 Å². The first-order valence-electron chi connectivity index (χ1n) is 8.53. The van der Waals surface area contributed by atoms with Gasteiger partial charge in [-0.15, -0.1) is 0 Å². The van der Waals surface area contributed by atoms with Crippen molar-refractivity contribution in [3.05, 3.63) is 0 Å². The van der Waals surface area contributed by atoms with Crippen molar-refractivity contribution in [2.45, 2.75) is 69.4 Å². The van der Waals surface area contributed by atoms with Crippen LogP contribution in [0.25, 0.3) is 0 Å². The van der Waals surface area contributed by atoms with Crippen LogP contribution in [0.2, 0.25) is 0 Å². The van der Waals surface area contributed by atoms with E-state index >= 15 is 0 Å². The number of hydrogen-bond donors (Lipinski definition) is 3. The van der Waals surface area contributed by atoms with Crippen LogP contribution < -0.4 is 10.6 Å². The molecule has 0 aliphatic heterocycles. The molecule has 0 aromatic carbocycles. The monoisotopic (exact) mass is 297 g/mol. The fourth-order valence-corrected chi connectivity index (χ4v) is 3.30. The number of hydrogen-bond acceptors (Lipinski definition) is 3. The third-order valence-electron chi connectivity index (χ3n) is 5.03. The molecular formula is C16H31N3O2. The van der Waals surface area contributed by atoms with Gasteiger partial charge in [-0.2, -0.15) is 0 Å². The Kier molecular flexibility index (Phi) is 6.30. The van der Waals surface area contributed by atoms with Crippen molar-refractivity contribution in [2.75, 3.05) is 26.7 Å². The van der Waals surface area contributed by atoms with Crippen LogP contribution in [0.15, 0.2) is 0 Å². The van der Waals surface area contributed by atoms with Gasteiger partial charge in [-0.25, -0.2) is 4.79 Å². The van der Waals surface area contributed by atoms with Gasteiger partial charge in [0.05, 0.1) is 5.60 Å². The Morgan fingerprint density at radius 3 is 2.52 bits per heavy atom. The summed E-state index contributed by atoms with van der Waals surface area (Å²) >= 11 is 0. The molecule has 0 heterocycles. The van der Waals surface area contributed by atoms with Crippen LogP contribution in [0.1, 0.15) is 57.8 Å². The summed E-state index contributed by atoms with van der Waals surface area (Å²) in [7, 11) is 2.20. The summed E-state index contributed by atoms with van der Waals surface area (Å²) in [6.07, 6.45) is 10.4. The van der Waals surface area contributed by atoms with Crippen molar-refractivity contribution in [3.8, 4) is 0 Å². The van der Waals surface area contributed by atoms with E-state index in [0.717, 1.165) is 38.3 Å². The lowest BCUT2D eigenvalue weighted by atomic mass is 9.80. The Morgan fingerprint density at radius 1 is 1.19 bits per heavy atom. The SMILES string of the molecule is CN(CCCNC(=O)NCC1(O)CCC1)C1CCCCC1. The fourth-order valence-electron chi connectivity index (χ4n) is 3.30. The largest absolute Gasteiger partial charge is 0.388 e. The van der Waals surface area contributed by atoms with Gasteiger partial charge in [0.25, 0.3) is 0 Å². The second kappa shape index (κ2) is 7.99. The molecule has 0 spiro atoms. The summed E-state index contributed by atoms with van der Waals surface area (Å²) in [5.74, 6) is 0. The molecule has 5 heteroatoms. The predicted molar refractivity (Wildman–Crippen MR) is 84.3 cm³/mol. The number of urea groups is 1. The second-order valence-corrected chi connectivity index (χ2v) is 6.81. The Hall–Kier alpha value is -0.810. The molecule has 0 aromatic heterocycles. The third kappa shape index (κ3) is 5.47. The van der Waals surface area contributed by atoms with E-state index in [0.29, 0.717) is 13.1 Å². The molecule has 0 unspecified atom stereocenters. The molecule has 5 nitrogen and oxygen atoms in total. The highest BCUT2D eigenvalue weighted by atomic mass is 16.3. The number of carbonyl (C=O) groups is 1. The van der Waals surface area contributed by atoms with Gasteiger partial charge in [0, 0.05) is 19.1 Å². The lowest BCUT2D eigenvalue weighted by Gasteiger charge is -2.36. The summed E-state index contributed by atoms with van der Waals surface area (Å²) in [6, 6.07) is 0.580. The maximum absolute atomic E-state index is 11.6. The molecule has 2 saturated carbocycles. The van der Waals surface area contributed by atoms with Crippen molar-refractivity contribution in [1.29, 1.82) is 0 Å². The molecule has 3 N–H and O–H groups in total. The highest BCUT2D eigenvalue weighted by Crippen LogP contribution is 2.30. The average molecular weight is 297 g/mol. The van der Waals surface area contributed by atoms with Crippen LogP contribution in [0.4, 0.5) is 4.79 Å². The van der Waals surface area contributed by atoms with Crippen LogP contribution in [-0.2, 0) is 0 Å². The first kappa shape index (κ1) is 16.6. The molecule has 2 amide bonds. The Balaban J connectivity index is 1.49. The van der Waals surface area contributed by atoms with Gasteiger partial charge in [0.15, 0.2) is 0 Å². The molecule has 0 bridgehead atoms. The van der Waals surface area contributed by atoms with E-state index in [9.17, 15) is 9.90 Å². The van der Waals surface area contributed by atoms with E-state index in [4.69, 9.17) is 0 Å². The zero-order valence-electron chi connectivity index (χ0n) is 13.4. The molecule has 2 fully saturated rings. The first-order valence-corrected chi connectivity index (χ1v) is 8.53. The summed E-state index contributed by atoms with van der Waals surface area (Å²) in [5, 5.41) is 15.5. The molecule has 0 saturated heterocycles. The summed E-state index contributed by atoms with van der Waals surface area (Å²) < 4.78 is 0. The third-order valence-corrected chi connectivity index (χ3v) is 5.03. The van der Waals surface area contributed by atoms with E-state index in [1.807, 2.05) is 0 Å². The molecule has 2 rings (SSSR count). The van der Waals surface area contributed by atoms with Crippen molar-refractivity contribution in [1.82, 2.24) is 15.5 Å². The molecule has 0 aromatic rings. The van der Waals surface area contributed by atoms with Crippen LogP contribution in [0, 0.1) is 0 Å². The number of aliphatic hydroxyl groups is 1. The zero-order chi connectivity index (χ0) is 15.1. The van der Waals surface area contributed by atoms with E-state index in [1.165, 1.54) is 32.1 Å². The van der Waals surface area contributed by atoms with Crippen molar-refractivity contribution >= 4 is 6.03 Å². The molecule has 2 aliphatic rings. The summed E-state index contributed by atoms with van der Waals surface area (Å²) in [5.41, 5.74) is -0.640. The van der Waals surface area contributed by atoms with Crippen LogP contribution in [0.5, 0.6) is 0 Å². The van der Waals surface area contributed by atoms with Gasteiger partial charge < -0.3 is 20.6 Å². The highest BCUT2D eigenvalue weighted by Gasteiger charge is 2.34. The number of carbonyl (C=O) groups excluding carboxylic acids is 1. The lowest BCUT2D eigenvalue weighted by molar-refractivity contribution is -0.0290. The number of nitrogens with zero attached hydrogens (tertiary/aromatic N) is 1. The van der Waals surface area contributed by atoms with E-state index < -0.39 is 5.60 Å². The van der Waals surface area contributed by atoms with Gasteiger partial charge in [0.1, 0.15) is 0 Å². The summed E-state index contributed by atoms with van der Waals surface area (Å²) in [6.45, 7) is 2.11. The van der Waals surface area contributed by atoms with Crippen LogP contribution in [0.3, 0.4) is 0 Å². The molecule has 0 atom stereocenters. The average Bonchev–Trinajstić information content (AvgIpc) is 2.48. The predicted octanol–water partition coefficient (Wildman–Crippen LogP) is 1.86. The molecule has 21 heavy (non-hydrogen) atoms. The Bertz CT molecular complexity index is 325. The lowest BCUT2D eigenvalue weighted by Crippen LogP contribution is -2.50. The standard InChI is InChI=1S/C16H31N3O2/c1-19(14-7-3-2-4-8-14)12-6-11-17-15(20)18-13-16(21)9-5-10-16/h14,21H,2-13H2,1H3,(H2,17,18,20). The topological polar surface area (TPSA) is 64.6 Å². The van der Waals surface area contributed by atoms with Crippen molar-refractivity contribution in [3.63, 3.8) is 0 Å². The fraction of sp³-hybridized carbons (Fsp3) is 0.938. The first-order chi connectivity index (χ1) is 10.1. The van der Waals surface area contributed by atoms with E-state index in [-0.39, 0.29) is 6.03 Å². The number of amides is 2. The molecule has 0 radical (unpaired) electrons. The van der Waals surface area contributed by atoms with Crippen molar-refractivity contribution in [2.24, 2.45) is 0 Å². The minimum absolute atomic E-state index is 0.157. The van der Waals surface area contributed by atoms with Gasteiger partial charge in [-0.1, -0.05) is 19.3 Å². The number of rotatable bonds is 7. The minimum Gasteiger partial charge on any atom is -0.388 e. The van der Waals surface area contributed by atoms with Crippen molar-refractivity contribution < 1.29 is 9.90 Å². The molecular weight excluding hydrogens is 266 g/mol. The maximum atomic E-state index is 11.6. The number of nitrogens with one attached hydrogen (secondary N) is 2. The normalized spacial score (nSPS) is 21.9. The van der Waals surface area contributed by atoms with Gasteiger partial charge in [-0.3, -0.25) is 0 Å². The van der Waals surface area contributed by atoms with Gasteiger partial charge in [0.2, 0.25) is 0 Å². The Morgan fingerprint density at radius 2 is 1.90 bits per heavy atom. The molecule has 2 aliphatic carbocycles. The van der Waals surface area contributed by atoms with Gasteiger partial charge in [-0.05, 0) is 52.1 Å². The highest BCUT2D eigenvalue weighted by molar-refractivity contribution is 5.73. The summed E-state index contributed by atoms with van der Waals surface area (Å²) in [4.78, 5) is 14.1. The molecule has 122 valence electrons. The quantitative estimate of drug-likeness (QED) is 0.628. The Labute approximate surface area is 128 Å². The van der Waals surface area contributed by atoms with Crippen LogP contribution >= 0.6 is 0 Å². The zero-order valence-corrected chi connectivity index (χ0v) is 13.4. The maximum Gasteiger partial charge on any atom is 0.314 e. The van der Waals surface area contributed by atoms with E-state index in [2.05, 4.69) is 22.6 Å². The smallest absolute Gasteiger partial charge is 0.314 e. The van der Waals surface area contributed by atoms with Gasteiger partial charge >= 0.3 is 6.03 Å².